The van der Waals surface area contributed by atoms with E-state index in [9.17, 15) is 4.79 Å². The molecule has 2 N–H and O–H groups in total. The summed E-state index contributed by atoms with van der Waals surface area (Å²) >= 11 is 0. The summed E-state index contributed by atoms with van der Waals surface area (Å²) in [7, 11) is 0. The third-order valence-corrected chi connectivity index (χ3v) is 2.01. The smallest absolute Gasteiger partial charge is 0.325 e. The molecule has 0 atom stereocenters. The Kier molecular flexibility index (Phi) is 4.50. The summed E-state index contributed by atoms with van der Waals surface area (Å²) in [6.45, 7) is 4.79. The van der Waals surface area contributed by atoms with Crippen LogP contribution in [0.4, 0.5) is 11.6 Å². The van der Waals surface area contributed by atoms with Gasteiger partial charge in [0.2, 0.25) is 0 Å². The third-order valence-electron chi connectivity index (χ3n) is 2.01. The molecule has 0 fully saturated rings. The number of likely N-dealkylation sites (N-methyl/N-ethyl adjacent to an activating group) is 1. The van der Waals surface area contributed by atoms with Crippen molar-refractivity contribution in [2.45, 2.75) is 13.8 Å². The number of nitrogens with two attached hydrogens (primary N) is 1. The Bertz CT molecular complexity index is 356. The Hall–Kier alpha value is -1.85. The number of carbonyl (C=O) groups excluding carboxylic acids is 1. The van der Waals surface area contributed by atoms with Crippen molar-refractivity contribution in [3.05, 3.63) is 12.4 Å². The zero-order valence-electron chi connectivity index (χ0n) is 9.51. The summed E-state index contributed by atoms with van der Waals surface area (Å²) in [6.07, 6.45) is 3.05. The van der Waals surface area contributed by atoms with Crippen LogP contribution in [-0.2, 0) is 9.53 Å². The van der Waals surface area contributed by atoms with E-state index in [0.29, 0.717) is 24.8 Å². The summed E-state index contributed by atoms with van der Waals surface area (Å²) < 4.78 is 4.87. The number of ether oxygens (including phenoxy) is 1. The van der Waals surface area contributed by atoms with Crippen LogP contribution in [-0.4, -0.2) is 35.6 Å². The minimum atomic E-state index is -0.297. The van der Waals surface area contributed by atoms with Crippen molar-refractivity contribution in [3.8, 4) is 0 Å². The normalized spacial score (nSPS) is 9.88. The number of rotatable bonds is 5. The molecule has 1 rings (SSSR count). The quantitative estimate of drug-likeness (QED) is 0.731. The molecular formula is C10H16N4O2. The summed E-state index contributed by atoms with van der Waals surface area (Å²) in [6, 6.07) is 0. The minimum Gasteiger partial charge on any atom is -0.465 e. The predicted molar refractivity (Wildman–Crippen MR) is 61.0 cm³/mol. The van der Waals surface area contributed by atoms with Crippen LogP contribution in [0.15, 0.2) is 12.4 Å². The van der Waals surface area contributed by atoms with Gasteiger partial charge in [0, 0.05) is 18.9 Å². The second kappa shape index (κ2) is 5.89. The minimum absolute atomic E-state index is 0.132. The maximum absolute atomic E-state index is 11.3. The molecule has 6 heteroatoms. The van der Waals surface area contributed by atoms with Crippen molar-refractivity contribution < 1.29 is 9.53 Å². The number of anilines is 2. The van der Waals surface area contributed by atoms with Crippen molar-refractivity contribution in [1.29, 1.82) is 0 Å². The van der Waals surface area contributed by atoms with Crippen molar-refractivity contribution in [3.63, 3.8) is 0 Å². The maximum atomic E-state index is 11.3. The van der Waals surface area contributed by atoms with Crippen molar-refractivity contribution in [2.24, 2.45) is 0 Å². The molecule has 1 aromatic rings. The summed E-state index contributed by atoms with van der Waals surface area (Å²) in [5.74, 6) is 0.529. The van der Waals surface area contributed by atoms with Crippen molar-refractivity contribution in [2.75, 3.05) is 30.3 Å². The topological polar surface area (TPSA) is 81.3 Å². The molecule has 1 aromatic heterocycles. The van der Waals surface area contributed by atoms with E-state index in [1.54, 1.807) is 18.0 Å². The summed E-state index contributed by atoms with van der Waals surface area (Å²) in [5, 5.41) is 0. The summed E-state index contributed by atoms with van der Waals surface area (Å²) in [5.41, 5.74) is 5.68. The molecule has 6 nitrogen and oxygen atoms in total. The van der Waals surface area contributed by atoms with Gasteiger partial charge >= 0.3 is 5.97 Å². The second-order valence-electron chi connectivity index (χ2n) is 3.08. The van der Waals surface area contributed by atoms with Gasteiger partial charge in [0.05, 0.1) is 6.61 Å². The summed E-state index contributed by atoms with van der Waals surface area (Å²) in [4.78, 5) is 21.1. The molecule has 0 unspecified atom stereocenters. The van der Waals surface area contributed by atoms with Gasteiger partial charge in [0.25, 0.3) is 0 Å². The van der Waals surface area contributed by atoms with Gasteiger partial charge in [-0.3, -0.25) is 4.79 Å². The molecule has 0 aromatic carbocycles. The standard InChI is InChI=1S/C10H16N4O2/c1-3-14(7-8(15)16-4-2)10-9(11)12-5-6-13-10/h5-6H,3-4,7H2,1-2H3,(H2,11,12). The monoisotopic (exact) mass is 224 g/mol. The molecule has 0 aliphatic carbocycles. The van der Waals surface area contributed by atoms with Gasteiger partial charge in [-0.25, -0.2) is 9.97 Å². The van der Waals surface area contributed by atoms with Crippen LogP contribution in [0.25, 0.3) is 0 Å². The van der Waals surface area contributed by atoms with Gasteiger partial charge in [-0.1, -0.05) is 0 Å². The van der Waals surface area contributed by atoms with Gasteiger partial charge in [0.1, 0.15) is 6.54 Å². The van der Waals surface area contributed by atoms with E-state index in [-0.39, 0.29) is 12.5 Å². The Labute approximate surface area is 94.4 Å². The Morgan fingerprint density at radius 2 is 2.12 bits per heavy atom. The molecule has 0 saturated heterocycles. The van der Waals surface area contributed by atoms with Gasteiger partial charge in [-0.15, -0.1) is 0 Å². The lowest BCUT2D eigenvalue weighted by Gasteiger charge is -2.21. The molecular weight excluding hydrogens is 208 g/mol. The number of esters is 1. The predicted octanol–water partition coefficient (Wildman–Crippen LogP) is 0.448. The van der Waals surface area contributed by atoms with Gasteiger partial charge in [-0.2, -0.15) is 0 Å². The van der Waals surface area contributed by atoms with Crippen LogP contribution < -0.4 is 10.6 Å². The van der Waals surface area contributed by atoms with E-state index in [4.69, 9.17) is 10.5 Å². The first-order valence-electron chi connectivity index (χ1n) is 5.16. The maximum Gasteiger partial charge on any atom is 0.325 e. The average molecular weight is 224 g/mol. The Morgan fingerprint density at radius 1 is 1.44 bits per heavy atom. The molecule has 0 aliphatic heterocycles. The highest BCUT2D eigenvalue weighted by atomic mass is 16.5. The van der Waals surface area contributed by atoms with Gasteiger partial charge < -0.3 is 15.4 Å². The molecule has 0 aliphatic rings. The van der Waals surface area contributed by atoms with Gasteiger partial charge in [0.15, 0.2) is 11.6 Å². The fourth-order valence-electron chi connectivity index (χ4n) is 1.28. The lowest BCUT2D eigenvalue weighted by atomic mass is 10.4. The van der Waals surface area contributed by atoms with E-state index in [1.165, 1.54) is 6.20 Å². The van der Waals surface area contributed by atoms with Crippen LogP contribution in [0.1, 0.15) is 13.8 Å². The molecule has 0 amide bonds. The molecule has 0 bridgehead atoms. The van der Waals surface area contributed by atoms with Crippen LogP contribution in [0.2, 0.25) is 0 Å². The van der Waals surface area contributed by atoms with Crippen LogP contribution in [0.3, 0.4) is 0 Å². The van der Waals surface area contributed by atoms with E-state index in [2.05, 4.69) is 9.97 Å². The lowest BCUT2D eigenvalue weighted by molar-refractivity contribution is -0.141. The number of nitrogen functional groups attached to an aromatic ring is 1. The highest BCUT2D eigenvalue weighted by Crippen LogP contribution is 2.15. The fourth-order valence-corrected chi connectivity index (χ4v) is 1.28. The fraction of sp³-hybridized carbons (Fsp3) is 0.500. The number of carbonyl (C=O) groups is 1. The average Bonchev–Trinajstić information content (AvgIpc) is 2.27. The second-order valence-corrected chi connectivity index (χ2v) is 3.08. The van der Waals surface area contributed by atoms with Crippen molar-refractivity contribution >= 4 is 17.6 Å². The lowest BCUT2D eigenvalue weighted by Crippen LogP contribution is -2.32. The molecule has 0 spiro atoms. The molecule has 16 heavy (non-hydrogen) atoms. The largest absolute Gasteiger partial charge is 0.465 e. The van der Waals surface area contributed by atoms with E-state index in [0.717, 1.165) is 0 Å². The van der Waals surface area contributed by atoms with Crippen LogP contribution >= 0.6 is 0 Å². The van der Waals surface area contributed by atoms with E-state index >= 15 is 0 Å². The van der Waals surface area contributed by atoms with Gasteiger partial charge in [-0.05, 0) is 13.8 Å². The van der Waals surface area contributed by atoms with Crippen LogP contribution in [0.5, 0.6) is 0 Å². The Balaban J connectivity index is 2.75. The molecule has 0 saturated carbocycles. The first-order valence-corrected chi connectivity index (χ1v) is 5.16. The van der Waals surface area contributed by atoms with Crippen molar-refractivity contribution in [1.82, 2.24) is 9.97 Å². The Morgan fingerprint density at radius 3 is 2.69 bits per heavy atom. The van der Waals surface area contributed by atoms with E-state index in [1.807, 2.05) is 6.92 Å². The van der Waals surface area contributed by atoms with E-state index < -0.39 is 0 Å². The SMILES string of the molecule is CCOC(=O)CN(CC)c1nccnc1N. The molecule has 0 radical (unpaired) electrons. The van der Waals surface area contributed by atoms with Crippen LogP contribution in [0, 0.1) is 0 Å². The zero-order valence-corrected chi connectivity index (χ0v) is 9.51. The first-order chi connectivity index (χ1) is 7.69. The third kappa shape index (κ3) is 3.08. The highest BCUT2D eigenvalue weighted by molar-refractivity contribution is 5.76. The number of nitrogens with zero attached hydrogens (tertiary/aromatic N) is 3. The number of hydrogen-bond donors (Lipinski definition) is 1. The zero-order chi connectivity index (χ0) is 12.0. The number of aromatic nitrogens is 2. The number of hydrogen-bond acceptors (Lipinski definition) is 6. The highest BCUT2D eigenvalue weighted by Gasteiger charge is 2.14. The first kappa shape index (κ1) is 12.2. The molecule has 88 valence electrons. The molecule has 1 heterocycles.